The third kappa shape index (κ3) is 6.12. The Hall–Kier alpha value is 1.04. The summed E-state index contributed by atoms with van der Waals surface area (Å²) in [6.07, 6.45) is 3.77. The molecule has 19 heavy (non-hydrogen) atoms. The summed E-state index contributed by atoms with van der Waals surface area (Å²) < 4.78 is 5.20. The van der Waals surface area contributed by atoms with Gasteiger partial charge in [0.05, 0.1) is 0 Å². The first-order valence-electron chi connectivity index (χ1n) is 6.99. The summed E-state index contributed by atoms with van der Waals surface area (Å²) in [5.41, 5.74) is 7.49. The normalized spacial score (nSPS) is 31.9. The molecule has 2 rings (SSSR count). The maximum absolute atomic E-state index is 11.5. The fraction of sp³-hybridized carbons (Fsp3) is 0.929. The number of carbonyl (C=O) groups excluding carboxylic acids is 1. The summed E-state index contributed by atoms with van der Waals surface area (Å²) in [4.78, 5) is 11.5. The Labute approximate surface area is 166 Å². The summed E-state index contributed by atoms with van der Waals surface area (Å²) in [7, 11) is 0. The van der Waals surface area contributed by atoms with Gasteiger partial charge in [0, 0.05) is 6.04 Å². The van der Waals surface area contributed by atoms with E-state index in [-0.39, 0.29) is 76.4 Å². The molecule has 106 valence electrons. The van der Waals surface area contributed by atoms with Crippen LogP contribution in [0.1, 0.15) is 60.3 Å². The van der Waals surface area contributed by atoms with Gasteiger partial charge in [0.25, 0.3) is 0 Å². The van der Waals surface area contributed by atoms with Crippen LogP contribution in [0.15, 0.2) is 0 Å². The van der Waals surface area contributed by atoms with Crippen LogP contribution in [0.4, 0.5) is 4.79 Å². The third-order valence-electron chi connectivity index (χ3n) is 3.44. The van der Waals surface area contributed by atoms with Gasteiger partial charge in [0.1, 0.15) is 5.60 Å². The topological polar surface area (TPSA) is 62.1 Å². The Balaban J connectivity index is 0.00000103. The van der Waals surface area contributed by atoms with Crippen LogP contribution < -0.4 is 63.5 Å². The molecule has 0 atom stereocenters. The summed E-state index contributed by atoms with van der Waals surface area (Å²) >= 11 is 0. The summed E-state index contributed by atoms with van der Waals surface area (Å²) in [5, 5.41) is 2.89. The summed E-state index contributed by atoms with van der Waals surface area (Å²) in [6, 6.07) is 0.407. The molecule has 2 aliphatic carbocycles. The van der Waals surface area contributed by atoms with Gasteiger partial charge in [0.15, 0.2) is 0 Å². The maximum Gasteiger partial charge on any atom is 1.00 e. The van der Waals surface area contributed by atoms with Crippen LogP contribution in [0.3, 0.4) is 0 Å². The van der Waals surface area contributed by atoms with E-state index in [4.69, 9.17) is 10.5 Å². The van der Waals surface area contributed by atoms with Gasteiger partial charge in [-0.2, -0.15) is 0 Å². The fourth-order valence-corrected chi connectivity index (χ4v) is 2.88. The van der Waals surface area contributed by atoms with Crippen molar-refractivity contribution in [1.29, 1.82) is 0 Å². The van der Waals surface area contributed by atoms with E-state index in [0.717, 1.165) is 25.7 Å². The predicted molar refractivity (Wildman–Crippen MR) is 73.5 cm³/mol. The molecule has 2 saturated carbocycles. The molecule has 0 radical (unpaired) electrons. The van der Waals surface area contributed by atoms with Crippen LogP contribution in [0.25, 0.3) is 5.73 Å². The average Bonchev–Trinajstić information content (AvgIpc) is 2.12. The van der Waals surface area contributed by atoms with Gasteiger partial charge < -0.3 is 15.8 Å². The number of nitrogens with one attached hydrogen (secondary N) is 2. The number of carbonyl (C=O) groups is 1. The van der Waals surface area contributed by atoms with Crippen LogP contribution in [0.2, 0.25) is 0 Å². The number of amides is 1. The fourth-order valence-electron chi connectivity index (χ4n) is 2.88. The van der Waals surface area contributed by atoms with Crippen molar-refractivity contribution in [2.75, 3.05) is 0 Å². The minimum atomic E-state index is -0.422. The van der Waals surface area contributed by atoms with Crippen molar-refractivity contribution in [2.24, 2.45) is 5.41 Å². The van der Waals surface area contributed by atoms with E-state index in [2.05, 4.69) is 5.32 Å². The molecule has 0 aliphatic heterocycles. The van der Waals surface area contributed by atoms with Crippen molar-refractivity contribution in [3.63, 3.8) is 0 Å². The minimum Gasteiger partial charge on any atom is -0.675 e. The van der Waals surface area contributed by atoms with E-state index < -0.39 is 5.60 Å². The maximum atomic E-state index is 11.5. The van der Waals surface area contributed by atoms with Gasteiger partial charge in [-0.1, -0.05) is 26.7 Å². The second-order valence-electron chi connectivity index (χ2n) is 6.36. The second kappa shape index (κ2) is 7.88. The standard InChI is InChI=1S/C12H21N2O2.C2H6.Rb/c1-11(2,3)16-10(15)14-9-6-12(7-9)4-8(13)5-12;1-2;/h8-9,13H,4-7H2,1-3H3,(H,14,15);1-2H3;/q-1;;+1. The predicted octanol–water partition coefficient (Wildman–Crippen LogP) is 0.905. The minimum absolute atomic E-state index is 0. The molecule has 0 aromatic carbocycles. The van der Waals surface area contributed by atoms with Crippen molar-refractivity contribution >= 4 is 6.09 Å². The largest absolute Gasteiger partial charge is 1.00 e. The molecule has 2 fully saturated rings. The van der Waals surface area contributed by atoms with E-state index in [1.54, 1.807) is 0 Å². The molecule has 0 heterocycles. The van der Waals surface area contributed by atoms with Crippen LogP contribution in [0, 0.1) is 5.41 Å². The van der Waals surface area contributed by atoms with Gasteiger partial charge in [-0.05, 0) is 39.0 Å². The van der Waals surface area contributed by atoms with Gasteiger partial charge in [-0.3, -0.25) is 0 Å². The van der Waals surface area contributed by atoms with Crippen LogP contribution in [-0.2, 0) is 4.74 Å². The second-order valence-corrected chi connectivity index (χ2v) is 6.36. The quantitative estimate of drug-likeness (QED) is 0.771. The van der Waals surface area contributed by atoms with Gasteiger partial charge in [-0.15, -0.1) is 6.04 Å². The first-order chi connectivity index (χ1) is 8.28. The van der Waals surface area contributed by atoms with Crippen LogP contribution in [0.5, 0.6) is 0 Å². The van der Waals surface area contributed by atoms with Crippen LogP contribution >= 0.6 is 0 Å². The Morgan fingerprint density at radius 2 is 1.68 bits per heavy atom. The zero-order valence-electron chi connectivity index (χ0n) is 13.3. The zero-order chi connectivity index (χ0) is 14.0. The van der Waals surface area contributed by atoms with E-state index in [1.807, 2.05) is 34.6 Å². The van der Waals surface area contributed by atoms with E-state index in [9.17, 15) is 4.79 Å². The summed E-state index contributed by atoms with van der Waals surface area (Å²) in [5.74, 6) is 0. The molecule has 0 unspecified atom stereocenters. The molecule has 0 aromatic heterocycles. The number of hydrogen-bond donors (Lipinski definition) is 1. The Morgan fingerprint density at radius 1 is 1.21 bits per heavy atom. The van der Waals surface area contributed by atoms with Crippen molar-refractivity contribution in [1.82, 2.24) is 5.32 Å². The zero-order valence-corrected chi connectivity index (χ0v) is 18.2. The van der Waals surface area contributed by atoms with E-state index in [0.29, 0.717) is 5.41 Å². The van der Waals surface area contributed by atoms with Crippen LogP contribution in [-0.4, -0.2) is 23.8 Å². The molecule has 1 amide bonds. The van der Waals surface area contributed by atoms with Crippen molar-refractivity contribution in [3.05, 3.63) is 5.73 Å². The number of hydrogen-bond acceptors (Lipinski definition) is 2. The van der Waals surface area contributed by atoms with Crippen molar-refractivity contribution in [2.45, 2.75) is 78.0 Å². The molecular weight excluding hydrogens is 314 g/mol. The molecule has 2 aliphatic rings. The molecule has 2 N–H and O–H groups in total. The van der Waals surface area contributed by atoms with E-state index >= 15 is 0 Å². The summed E-state index contributed by atoms with van der Waals surface area (Å²) in [6.45, 7) is 9.60. The third-order valence-corrected chi connectivity index (χ3v) is 3.44. The number of alkyl carbamates (subject to hydrolysis) is 1. The number of rotatable bonds is 1. The van der Waals surface area contributed by atoms with E-state index in [1.165, 1.54) is 0 Å². The van der Waals surface area contributed by atoms with Gasteiger partial charge >= 0.3 is 64.3 Å². The molecule has 5 heteroatoms. The monoisotopic (exact) mass is 340 g/mol. The van der Waals surface area contributed by atoms with Gasteiger partial charge in [-0.25, -0.2) is 4.79 Å². The molecule has 4 nitrogen and oxygen atoms in total. The molecule has 0 saturated heterocycles. The first kappa shape index (κ1) is 20.0. The Kier molecular flexibility index (Phi) is 8.31. The average molecular weight is 341 g/mol. The molecule has 0 bridgehead atoms. The molecule has 0 aromatic rings. The smallest absolute Gasteiger partial charge is 0.675 e. The van der Waals surface area contributed by atoms with Gasteiger partial charge in [0.2, 0.25) is 0 Å². The molecule has 1 spiro atoms. The first-order valence-corrected chi connectivity index (χ1v) is 6.99. The molecular formula is C14H27N2O2Rb. The Morgan fingerprint density at radius 3 is 2.05 bits per heavy atom. The SMILES string of the molecule is CC.CC(C)(C)OC(=O)NC1CC2(CC([NH-])C2)C1.[Rb+]. The van der Waals surface area contributed by atoms with Crippen molar-refractivity contribution < 1.29 is 67.7 Å². The van der Waals surface area contributed by atoms with Crippen molar-refractivity contribution in [3.8, 4) is 0 Å². The Bertz CT molecular complexity index is 288. The number of ether oxygens (including phenoxy) is 1.